The van der Waals surface area contributed by atoms with Crippen LogP contribution < -0.4 is 10.1 Å². The molecule has 2 aliphatic rings. The van der Waals surface area contributed by atoms with Gasteiger partial charge in [-0.15, -0.1) is 0 Å². The molecule has 0 aliphatic carbocycles. The molecule has 1 fully saturated rings. The lowest BCUT2D eigenvalue weighted by atomic mass is 9.81. The Morgan fingerprint density at radius 1 is 1.12 bits per heavy atom. The highest BCUT2D eigenvalue weighted by molar-refractivity contribution is 6.08. The number of hydrogen-bond donors (Lipinski definition) is 1. The van der Waals surface area contributed by atoms with Gasteiger partial charge in [-0.05, 0) is 23.8 Å². The molecule has 0 spiro atoms. The summed E-state index contributed by atoms with van der Waals surface area (Å²) in [6.45, 7) is 1.92. The Morgan fingerprint density at radius 3 is 2.46 bits per heavy atom. The standard InChI is InChI=1S/C19H18F2N2O3/c1-25-13-4-2-12(3-5-13)19(23-8-10-26-11-9-23)14-6-7-15(20)16(21)17(14)22-18(19)24/h2-7H,8-11H2,1H3,(H,22,24). The number of nitrogens with one attached hydrogen (secondary N) is 1. The monoisotopic (exact) mass is 360 g/mol. The van der Waals surface area contributed by atoms with Crippen LogP contribution in [0.15, 0.2) is 36.4 Å². The van der Waals surface area contributed by atoms with E-state index in [0.717, 1.165) is 6.07 Å². The highest BCUT2D eigenvalue weighted by Gasteiger charge is 2.54. The average molecular weight is 360 g/mol. The molecule has 1 unspecified atom stereocenters. The normalized spacial score (nSPS) is 22.8. The molecule has 2 aliphatic heterocycles. The zero-order valence-corrected chi connectivity index (χ0v) is 14.2. The van der Waals surface area contributed by atoms with E-state index in [1.807, 2.05) is 4.90 Å². The molecule has 2 aromatic rings. The molecule has 2 aromatic carbocycles. The summed E-state index contributed by atoms with van der Waals surface area (Å²) in [7, 11) is 1.56. The van der Waals surface area contributed by atoms with E-state index < -0.39 is 23.1 Å². The number of rotatable bonds is 3. The van der Waals surface area contributed by atoms with Gasteiger partial charge in [-0.3, -0.25) is 9.69 Å². The van der Waals surface area contributed by atoms with Gasteiger partial charge in [0.1, 0.15) is 5.75 Å². The second-order valence-electron chi connectivity index (χ2n) is 6.28. The fourth-order valence-electron chi connectivity index (χ4n) is 3.81. The highest BCUT2D eigenvalue weighted by Crippen LogP contribution is 2.47. The smallest absolute Gasteiger partial charge is 0.254 e. The third kappa shape index (κ3) is 2.31. The van der Waals surface area contributed by atoms with Gasteiger partial charge in [-0.25, -0.2) is 8.78 Å². The largest absolute Gasteiger partial charge is 0.497 e. The van der Waals surface area contributed by atoms with Gasteiger partial charge in [-0.2, -0.15) is 0 Å². The maximum Gasteiger partial charge on any atom is 0.254 e. The van der Waals surface area contributed by atoms with Crippen molar-refractivity contribution in [2.24, 2.45) is 0 Å². The third-order valence-electron chi connectivity index (χ3n) is 5.04. The number of ether oxygens (including phenoxy) is 2. The molecule has 136 valence electrons. The Morgan fingerprint density at radius 2 is 1.81 bits per heavy atom. The summed E-state index contributed by atoms with van der Waals surface area (Å²) in [5.41, 5.74) is -0.256. The minimum Gasteiger partial charge on any atom is -0.497 e. The first-order valence-electron chi connectivity index (χ1n) is 8.36. The molecule has 7 heteroatoms. The molecular weight excluding hydrogens is 342 g/mol. The summed E-state index contributed by atoms with van der Waals surface area (Å²) in [6, 6.07) is 9.61. The Hall–Kier alpha value is -2.51. The van der Waals surface area contributed by atoms with Crippen LogP contribution in [0, 0.1) is 11.6 Å². The summed E-state index contributed by atoms with van der Waals surface area (Å²) in [6.07, 6.45) is 0. The van der Waals surface area contributed by atoms with Crippen LogP contribution in [0.5, 0.6) is 5.75 Å². The first kappa shape index (κ1) is 16.9. The van der Waals surface area contributed by atoms with E-state index in [9.17, 15) is 13.6 Å². The Kier molecular flexibility index (Phi) is 4.13. The van der Waals surface area contributed by atoms with Crippen LogP contribution >= 0.6 is 0 Å². The Labute approximate surface area is 149 Å². The second kappa shape index (κ2) is 6.34. The molecule has 4 rings (SSSR count). The number of methoxy groups -OCH3 is 1. The quantitative estimate of drug-likeness (QED) is 0.914. The molecule has 0 saturated carbocycles. The van der Waals surface area contributed by atoms with Crippen molar-refractivity contribution in [3.8, 4) is 5.75 Å². The van der Waals surface area contributed by atoms with Gasteiger partial charge in [0.05, 0.1) is 26.0 Å². The van der Waals surface area contributed by atoms with Crippen LogP contribution in [0.2, 0.25) is 0 Å². The molecule has 2 heterocycles. The molecule has 0 radical (unpaired) electrons. The van der Waals surface area contributed by atoms with Gasteiger partial charge in [0.2, 0.25) is 0 Å². The van der Waals surface area contributed by atoms with Gasteiger partial charge in [0, 0.05) is 18.7 Å². The zero-order valence-electron chi connectivity index (χ0n) is 14.2. The van der Waals surface area contributed by atoms with E-state index in [2.05, 4.69) is 5.32 Å². The molecule has 26 heavy (non-hydrogen) atoms. The first-order chi connectivity index (χ1) is 12.6. The number of benzene rings is 2. The molecule has 1 amide bonds. The van der Waals surface area contributed by atoms with Crippen molar-refractivity contribution in [2.45, 2.75) is 5.54 Å². The molecule has 5 nitrogen and oxygen atoms in total. The van der Waals surface area contributed by atoms with E-state index in [0.29, 0.717) is 43.2 Å². The minimum absolute atomic E-state index is 0.0997. The average Bonchev–Trinajstić information content (AvgIpc) is 2.99. The molecule has 0 bridgehead atoms. The molecule has 1 saturated heterocycles. The number of fused-ring (bicyclic) bond motifs is 1. The summed E-state index contributed by atoms with van der Waals surface area (Å²) < 4.78 is 38.7. The van der Waals surface area contributed by atoms with Crippen molar-refractivity contribution < 1.29 is 23.0 Å². The van der Waals surface area contributed by atoms with Crippen LogP contribution in [0.4, 0.5) is 14.5 Å². The fourth-order valence-corrected chi connectivity index (χ4v) is 3.81. The lowest BCUT2D eigenvalue weighted by Crippen LogP contribution is -2.55. The number of anilines is 1. The maximum atomic E-state index is 14.4. The van der Waals surface area contributed by atoms with Crippen molar-refractivity contribution >= 4 is 11.6 Å². The maximum absolute atomic E-state index is 14.4. The fraction of sp³-hybridized carbons (Fsp3) is 0.316. The van der Waals surface area contributed by atoms with Crippen LogP contribution in [-0.4, -0.2) is 44.2 Å². The van der Waals surface area contributed by atoms with Crippen LogP contribution in [0.1, 0.15) is 11.1 Å². The van der Waals surface area contributed by atoms with E-state index in [4.69, 9.17) is 9.47 Å². The van der Waals surface area contributed by atoms with Crippen LogP contribution in [0.25, 0.3) is 0 Å². The van der Waals surface area contributed by atoms with Crippen molar-refractivity contribution in [3.63, 3.8) is 0 Å². The van der Waals surface area contributed by atoms with E-state index in [1.54, 1.807) is 31.4 Å². The summed E-state index contributed by atoms with van der Waals surface area (Å²) in [4.78, 5) is 15.1. The highest BCUT2D eigenvalue weighted by atomic mass is 19.2. The summed E-state index contributed by atoms with van der Waals surface area (Å²) in [5.74, 6) is -1.78. The first-order valence-corrected chi connectivity index (χ1v) is 8.36. The van der Waals surface area contributed by atoms with Crippen LogP contribution in [0.3, 0.4) is 0 Å². The number of hydrogen-bond acceptors (Lipinski definition) is 4. The van der Waals surface area contributed by atoms with Crippen molar-refractivity contribution in [1.82, 2.24) is 4.90 Å². The van der Waals surface area contributed by atoms with E-state index in [-0.39, 0.29) is 5.69 Å². The summed E-state index contributed by atoms with van der Waals surface area (Å²) >= 11 is 0. The number of carbonyl (C=O) groups excluding carboxylic acids is 1. The second-order valence-corrected chi connectivity index (χ2v) is 6.28. The van der Waals surface area contributed by atoms with Crippen LogP contribution in [-0.2, 0) is 15.1 Å². The van der Waals surface area contributed by atoms with Gasteiger partial charge < -0.3 is 14.8 Å². The lowest BCUT2D eigenvalue weighted by molar-refractivity contribution is -0.128. The van der Waals surface area contributed by atoms with Gasteiger partial charge in [0.15, 0.2) is 17.2 Å². The van der Waals surface area contributed by atoms with Gasteiger partial charge in [-0.1, -0.05) is 18.2 Å². The van der Waals surface area contributed by atoms with E-state index >= 15 is 0 Å². The molecule has 1 N–H and O–H groups in total. The number of morpholine rings is 1. The molecular formula is C19H18F2N2O3. The minimum atomic E-state index is -1.24. The van der Waals surface area contributed by atoms with Gasteiger partial charge >= 0.3 is 0 Å². The van der Waals surface area contributed by atoms with Crippen molar-refractivity contribution in [3.05, 3.63) is 59.2 Å². The van der Waals surface area contributed by atoms with E-state index in [1.165, 1.54) is 6.07 Å². The zero-order chi connectivity index (χ0) is 18.3. The lowest BCUT2D eigenvalue weighted by Gasteiger charge is -2.42. The topological polar surface area (TPSA) is 50.8 Å². The summed E-state index contributed by atoms with van der Waals surface area (Å²) in [5, 5.41) is 2.55. The number of amides is 1. The van der Waals surface area contributed by atoms with Crippen molar-refractivity contribution in [1.29, 1.82) is 0 Å². The number of carbonyl (C=O) groups is 1. The number of halogens is 2. The Balaban J connectivity index is 1.95. The predicted octanol–water partition coefficient (Wildman–Crippen LogP) is 2.50. The molecule has 1 atom stereocenters. The Bertz CT molecular complexity index is 851. The van der Waals surface area contributed by atoms with Gasteiger partial charge in [0.25, 0.3) is 5.91 Å². The third-order valence-corrected chi connectivity index (χ3v) is 5.04. The molecule has 0 aromatic heterocycles. The number of nitrogens with zero attached hydrogens (tertiary/aromatic N) is 1. The van der Waals surface area contributed by atoms with Crippen molar-refractivity contribution in [2.75, 3.05) is 38.7 Å². The predicted molar refractivity (Wildman–Crippen MR) is 91.2 cm³/mol. The SMILES string of the molecule is COc1ccc(C2(N3CCOCC3)C(=O)Nc3c2ccc(F)c3F)cc1.